The van der Waals surface area contributed by atoms with E-state index in [-0.39, 0.29) is 5.91 Å². The van der Waals surface area contributed by atoms with Gasteiger partial charge in [0.05, 0.1) is 5.56 Å². The summed E-state index contributed by atoms with van der Waals surface area (Å²) in [7, 11) is 0. The number of hydrogen-bond acceptors (Lipinski definition) is 3. The van der Waals surface area contributed by atoms with Crippen molar-refractivity contribution in [1.29, 1.82) is 0 Å². The molecular formula is C19H22BrN3O. The molecule has 1 N–H and O–H groups in total. The minimum absolute atomic E-state index is 0.00156. The Morgan fingerprint density at radius 3 is 2.58 bits per heavy atom. The Bertz CT molecular complexity index is 669. The normalized spacial score (nSPS) is 16.0. The first-order valence-electron chi connectivity index (χ1n) is 8.36. The molecule has 0 aliphatic carbocycles. The van der Waals surface area contributed by atoms with Gasteiger partial charge in [-0.3, -0.25) is 14.7 Å². The standard InChI is InChI=1S/C19H22BrN3O/c20-18-4-2-1-3-17(18)19(24)22-13-15-7-11-23(12-8-15)14-16-5-9-21-10-6-16/h1-6,9-10,15H,7-8,11-14H2,(H,22,24). The van der Waals surface area contributed by atoms with Crippen LogP contribution in [0.5, 0.6) is 0 Å². The fourth-order valence-corrected chi connectivity index (χ4v) is 3.54. The third-order valence-electron chi connectivity index (χ3n) is 4.53. The number of hydrogen-bond donors (Lipinski definition) is 1. The number of nitrogens with zero attached hydrogens (tertiary/aromatic N) is 2. The molecule has 0 saturated carbocycles. The second kappa shape index (κ2) is 8.40. The van der Waals surface area contributed by atoms with Crippen LogP contribution in [0.1, 0.15) is 28.8 Å². The summed E-state index contributed by atoms with van der Waals surface area (Å²) in [5, 5.41) is 3.08. The molecule has 2 aromatic rings. The number of piperidine rings is 1. The molecule has 0 bridgehead atoms. The van der Waals surface area contributed by atoms with Gasteiger partial charge < -0.3 is 5.32 Å². The van der Waals surface area contributed by atoms with Gasteiger partial charge in [-0.05, 0) is 77.6 Å². The van der Waals surface area contributed by atoms with Gasteiger partial charge in [0, 0.05) is 30.0 Å². The van der Waals surface area contributed by atoms with E-state index in [1.807, 2.05) is 36.7 Å². The summed E-state index contributed by atoms with van der Waals surface area (Å²) in [6.45, 7) is 3.90. The van der Waals surface area contributed by atoms with Crippen molar-refractivity contribution in [3.63, 3.8) is 0 Å². The van der Waals surface area contributed by atoms with Crippen molar-refractivity contribution in [1.82, 2.24) is 15.2 Å². The van der Waals surface area contributed by atoms with E-state index in [4.69, 9.17) is 0 Å². The Balaban J connectivity index is 1.43. The molecule has 1 aromatic heterocycles. The van der Waals surface area contributed by atoms with Crippen LogP contribution in [0.25, 0.3) is 0 Å². The lowest BCUT2D eigenvalue weighted by molar-refractivity contribution is 0.0934. The van der Waals surface area contributed by atoms with Crippen LogP contribution in [0.2, 0.25) is 0 Å². The number of pyridine rings is 1. The van der Waals surface area contributed by atoms with E-state index < -0.39 is 0 Å². The summed E-state index contributed by atoms with van der Waals surface area (Å²) in [6, 6.07) is 11.7. The summed E-state index contributed by atoms with van der Waals surface area (Å²) < 4.78 is 0.842. The Hall–Kier alpha value is -1.72. The molecule has 1 amide bonds. The van der Waals surface area contributed by atoms with Crippen molar-refractivity contribution in [3.05, 3.63) is 64.4 Å². The largest absolute Gasteiger partial charge is 0.352 e. The first kappa shape index (κ1) is 17.1. The summed E-state index contributed by atoms with van der Waals surface area (Å²) >= 11 is 3.43. The first-order chi connectivity index (χ1) is 11.7. The number of carbonyl (C=O) groups excluding carboxylic acids is 1. The van der Waals surface area contributed by atoms with Crippen molar-refractivity contribution >= 4 is 21.8 Å². The Labute approximate surface area is 151 Å². The molecule has 1 saturated heterocycles. The molecule has 24 heavy (non-hydrogen) atoms. The number of rotatable bonds is 5. The van der Waals surface area contributed by atoms with Gasteiger partial charge in [-0.2, -0.15) is 0 Å². The summed E-state index contributed by atoms with van der Waals surface area (Å²) in [5.74, 6) is 0.562. The Morgan fingerprint density at radius 1 is 1.17 bits per heavy atom. The molecule has 4 nitrogen and oxygen atoms in total. The fraction of sp³-hybridized carbons (Fsp3) is 0.368. The van der Waals surface area contributed by atoms with Crippen LogP contribution in [0.3, 0.4) is 0 Å². The second-order valence-electron chi connectivity index (χ2n) is 6.26. The van der Waals surface area contributed by atoms with Gasteiger partial charge in [0.1, 0.15) is 0 Å². The van der Waals surface area contributed by atoms with Crippen molar-refractivity contribution in [2.45, 2.75) is 19.4 Å². The maximum absolute atomic E-state index is 12.3. The van der Waals surface area contributed by atoms with E-state index in [9.17, 15) is 4.79 Å². The highest BCUT2D eigenvalue weighted by Crippen LogP contribution is 2.19. The molecule has 5 heteroatoms. The van der Waals surface area contributed by atoms with Gasteiger partial charge in [-0.15, -0.1) is 0 Å². The lowest BCUT2D eigenvalue weighted by Gasteiger charge is -2.32. The van der Waals surface area contributed by atoms with Crippen molar-refractivity contribution in [2.75, 3.05) is 19.6 Å². The van der Waals surface area contributed by atoms with E-state index >= 15 is 0 Å². The highest BCUT2D eigenvalue weighted by molar-refractivity contribution is 9.10. The number of aromatic nitrogens is 1. The number of benzene rings is 1. The van der Waals surface area contributed by atoms with Crippen molar-refractivity contribution < 1.29 is 4.79 Å². The van der Waals surface area contributed by atoms with Crippen molar-refractivity contribution in [3.8, 4) is 0 Å². The highest BCUT2D eigenvalue weighted by atomic mass is 79.9. The molecular weight excluding hydrogens is 366 g/mol. The third kappa shape index (κ3) is 4.65. The third-order valence-corrected chi connectivity index (χ3v) is 5.22. The molecule has 1 aliphatic heterocycles. The molecule has 1 aliphatic rings. The number of likely N-dealkylation sites (tertiary alicyclic amines) is 1. The zero-order chi connectivity index (χ0) is 16.8. The zero-order valence-electron chi connectivity index (χ0n) is 13.6. The van der Waals surface area contributed by atoms with Crippen LogP contribution in [0, 0.1) is 5.92 Å². The molecule has 0 atom stereocenters. The monoisotopic (exact) mass is 387 g/mol. The van der Waals surface area contributed by atoms with E-state index in [0.717, 1.165) is 43.5 Å². The first-order valence-corrected chi connectivity index (χ1v) is 9.15. The van der Waals surface area contributed by atoms with E-state index in [1.165, 1.54) is 5.56 Å². The Morgan fingerprint density at radius 2 is 1.88 bits per heavy atom. The number of amides is 1. The Kier molecular flexibility index (Phi) is 5.99. The van der Waals surface area contributed by atoms with Gasteiger partial charge in [-0.1, -0.05) is 12.1 Å². The van der Waals surface area contributed by atoms with Gasteiger partial charge in [0.15, 0.2) is 0 Å². The maximum Gasteiger partial charge on any atom is 0.252 e. The molecule has 0 unspecified atom stereocenters. The summed E-state index contributed by atoms with van der Waals surface area (Å²) in [6.07, 6.45) is 5.95. The lowest BCUT2D eigenvalue weighted by atomic mass is 9.96. The molecule has 3 rings (SSSR count). The van der Waals surface area contributed by atoms with E-state index in [1.54, 1.807) is 0 Å². The molecule has 1 fully saturated rings. The predicted molar refractivity (Wildman–Crippen MR) is 98.7 cm³/mol. The predicted octanol–water partition coefficient (Wildman–Crippen LogP) is 3.49. The fourth-order valence-electron chi connectivity index (χ4n) is 3.07. The number of nitrogens with one attached hydrogen (secondary N) is 1. The van der Waals surface area contributed by atoms with Crippen LogP contribution in [-0.2, 0) is 6.54 Å². The lowest BCUT2D eigenvalue weighted by Crippen LogP contribution is -2.38. The van der Waals surface area contributed by atoms with Crippen LogP contribution in [-0.4, -0.2) is 35.4 Å². The smallest absolute Gasteiger partial charge is 0.252 e. The molecule has 1 aromatic carbocycles. The van der Waals surface area contributed by atoms with E-state index in [0.29, 0.717) is 11.5 Å². The summed E-state index contributed by atoms with van der Waals surface area (Å²) in [4.78, 5) is 18.8. The van der Waals surface area contributed by atoms with E-state index in [2.05, 4.69) is 43.3 Å². The molecule has 0 spiro atoms. The van der Waals surface area contributed by atoms with Gasteiger partial charge in [-0.25, -0.2) is 0 Å². The van der Waals surface area contributed by atoms with Gasteiger partial charge in [0.2, 0.25) is 0 Å². The van der Waals surface area contributed by atoms with Crippen LogP contribution < -0.4 is 5.32 Å². The van der Waals surface area contributed by atoms with Gasteiger partial charge in [0.25, 0.3) is 5.91 Å². The van der Waals surface area contributed by atoms with Crippen LogP contribution in [0.15, 0.2) is 53.3 Å². The second-order valence-corrected chi connectivity index (χ2v) is 7.12. The SMILES string of the molecule is O=C(NCC1CCN(Cc2ccncc2)CC1)c1ccccc1Br. The van der Waals surface area contributed by atoms with Gasteiger partial charge >= 0.3 is 0 Å². The minimum Gasteiger partial charge on any atom is -0.352 e. The summed E-state index contributed by atoms with van der Waals surface area (Å²) in [5.41, 5.74) is 2.01. The quantitative estimate of drug-likeness (QED) is 0.853. The zero-order valence-corrected chi connectivity index (χ0v) is 15.2. The average molecular weight is 388 g/mol. The van der Waals surface area contributed by atoms with Crippen molar-refractivity contribution in [2.24, 2.45) is 5.92 Å². The number of carbonyl (C=O) groups is 1. The topological polar surface area (TPSA) is 45.2 Å². The number of halogens is 1. The minimum atomic E-state index is 0.00156. The highest BCUT2D eigenvalue weighted by Gasteiger charge is 2.20. The van der Waals surface area contributed by atoms with Crippen LogP contribution in [0.4, 0.5) is 0 Å². The average Bonchev–Trinajstić information content (AvgIpc) is 2.62. The molecule has 2 heterocycles. The maximum atomic E-state index is 12.3. The molecule has 0 radical (unpaired) electrons. The van der Waals surface area contributed by atoms with Crippen LogP contribution >= 0.6 is 15.9 Å². The molecule has 126 valence electrons.